The van der Waals surface area contributed by atoms with Gasteiger partial charge in [0.05, 0.1) is 10.2 Å². The van der Waals surface area contributed by atoms with E-state index in [4.69, 9.17) is 4.52 Å². The summed E-state index contributed by atoms with van der Waals surface area (Å²) in [6.07, 6.45) is 0.534. The Labute approximate surface area is 170 Å². The highest BCUT2D eigenvalue weighted by Crippen LogP contribution is 2.28. The lowest BCUT2D eigenvalue weighted by atomic mass is 10.2. The molecule has 4 aromatic rings. The van der Waals surface area contributed by atoms with Gasteiger partial charge in [0.15, 0.2) is 5.13 Å². The molecule has 29 heavy (non-hydrogen) atoms. The topological polar surface area (TPSA) is 110 Å². The highest BCUT2D eigenvalue weighted by molar-refractivity contribution is 7.22. The van der Waals surface area contributed by atoms with E-state index in [1.54, 1.807) is 12.1 Å². The molecule has 146 valence electrons. The largest absolute Gasteiger partial charge is 0.339 e. The third-order valence-corrected chi connectivity index (χ3v) is 4.95. The summed E-state index contributed by atoms with van der Waals surface area (Å²) in [5, 5.41) is 9.97. The van der Waals surface area contributed by atoms with Crippen molar-refractivity contribution in [3.05, 3.63) is 54.4 Å². The Morgan fingerprint density at radius 2 is 1.90 bits per heavy atom. The minimum Gasteiger partial charge on any atom is -0.339 e. The molecule has 2 heterocycles. The summed E-state index contributed by atoms with van der Waals surface area (Å²) in [4.78, 5) is 32.2. The molecule has 2 amide bonds. The quantitative estimate of drug-likeness (QED) is 0.502. The molecule has 0 aliphatic rings. The lowest BCUT2D eigenvalue weighted by Crippen LogP contribution is -2.12. The number of carbonyl (C=O) groups excluding carboxylic acids is 2. The van der Waals surface area contributed by atoms with Gasteiger partial charge in [-0.05, 0) is 18.2 Å². The molecule has 0 atom stereocenters. The number of carbonyl (C=O) groups is 2. The van der Waals surface area contributed by atoms with E-state index in [1.807, 2.05) is 36.4 Å². The molecule has 2 aromatic heterocycles. The summed E-state index contributed by atoms with van der Waals surface area (Å²) in [5.74, 6) is 0.579. The number of rotatable bonds is 6. The number of aryl methyl sites for hydroxylation is 1. The molecule has 0 aliphatic carbocycles. The predicted molar refractivity (Wildman–Crippen MR) is 111 cm³/mol. The van der Waals surface area contributed by atoms with Crippen LogP contribution in [0.25, 0.3) is 21.6 Å². The summed E-state index contributed by atoms with van der Waals surface area (Å²) in [7, 11) is 0. The van der Waals surface area contributed by atoms with Gasteiger partial charge in [0.25, 0.3) is 0 Å². The number of aromatic nitrogens is 3. The molecule has 0 spiro atoms. The SMILES string of the molecule is CC(=O)Nc1ccc2nc(NC(=O)CCc3nc(-c4ccccc4)no3)sc2c1. The standard InChI is InChI=1S/C20H17N5O3S/c1-12(26)21-14-7-8-15-16(11-14)29-20(22-15)23-17(27)9-10-18-24-19(25-28-18)13-5-3-2-4-6-13/h2-8,11H,9-10H2,1H3,(H,21,26)(H,22,23,27). The number of nitrogens with zero attached hydrogens (tertiary/aromatic N) is 3. The summed E-state index contributed by atoms with van der Waals surface area (Å²) in [6, 6.07) is 14.9. The van der Waals surface area contributed by atoms with E-state index in [0.717, 1.165) is 15.8 Å². The van der Waals surface area contributed by atoms with Gasteiger partial charge in [0, 0.05) is 31.0 Å². The second-order valence-corrected chi connectivity index (χ2v) is 7.34. The highest BCUT2D eigenvalue weighted by atomic mass is 32.1. The van der Waals surface area contributed by atoms with Gasteiger partial charge < -0.3 is 15.2 Å². The van der Waals surface area contributed by atoms with Crippen LogP contribution < -0.4 is 10.6 Å². The van der Waals surface area contributed by atoms with E-state index < -0.39 is 0 Å². The maximum absolute atomic E-state index is 12.3. The van der Waals surface area contributed by atoms with Gasteiger partial charge in [0.1, 0.15) is 0 Å². The molecule has 0 bridgehead atoms. The zero-order valence-corrected chi connectivity index (χ0v) is 16.3. The Hall–Kier alpha value is -3.59. The second-order valence-electron chi connectivity index (χ2n) is 6.31. The van der Waals surface area contributed by atoms with E-state index in [9.17, 15) is 9.59 Å². The number of thiazole rings is 1. The van der Waals surface area contributed by atoms with E-state index in [1.165, 1.54) is 18.3 Å². The van der Waals surface area contributed by atoms with Crippen LogP contribution in [0.15, 0.2) is 53.1 Å². The van der Waals surface area contributed by atoms with Crippen LogP contribution in [0.1, 0.15) is 19.2 Å². The van der Waals surface area contributed by atoms with E-state index in [0.29, 0.717) is 29.0 Å². The average molecular weight is 407 g/mol. The molecule has 8 nitrogen and oxygen atoms in total. The molecule has 2 aromatic carbocycles. The first-order valence-corrected chi connectivity index (χ1v) is 9.74. The van der Waals surface area contributed by atoms with Crippen molar-refractivity contribution in [3.63, 3.8) is 0 Å². The first kappa shape index (κ1) is 18.8. The smallest absolute Gasteiger partial charge is 0.227 e. The summed E-state index contributed by atoms with van der Waals surface area (Å²) < 4.78 is 6.10. The van der Waals surface area contributed by atoms with Crippen molar-refractivity contribution in [1.82, 2.24) is 15.1 Å². The first-order chi connectivity index (χ1) is 14.1. The monoisotopic (exact) mass is 407 g/mol. The molecule has 4 rings (SSSR count). The summed E-state index contributed by atoms with van der Waals surface area (Å²) >= 11 is 1.34. The van der Waals surface area contributed by atoms with Crippen LogP contribution in [0.5, 0.6) is 0 Å². The lowest BCUT2D eigenvalue weighted by Gasteiger charge is -1.99. The third kappa shape index (κ3) is 4.64. The van der Waals surface area contributed by atoms with Crippen molar-refractivity contribution < 1.29 is 14.1 Å². The van der Waals surface area contributed by atoms with Crippen molar-refractivity contribution in [2.24, 2.45) is 0 Å². The van der Waals surface area contributed by atoms with Crippen molar-refractivity contribution in [1.29, 1.82) is 0 Å². The van der Waals surface area contributed by atoms with Gasteiger partial charge in [-0.1, -0.05) is 46.8 Å². The predicted octanol–water partition coefficient (Wildman–Crippen LogP) is 3.88. The maximum Gasteiger partial charge on any atom is 0.227 e. The van der Waals surface area contributed by atoms with Crippen molar-refractivity contribution in [2.45, 2.75) is 19.8 Å². The van der Waals surface area contributed by atoms with Crippen molar-refractivity contribution in [2.75, 3.05) is 10.6 Å². The van der Waals surface area contributed by atoms with E-state index in [-0.39, 0.29) is 18.2 Å². The number of hydrogen-bond acceptors (Lipinski definition) is 7. The average Bonchev–Trinajstić information content (AvgIpc) is 3.33. The van der Waals surface area contributed by atoms with Gasteiger partial charge >= 0.3 is 0 Å². The minimum absolute atomic E-state index is 0.140. The number of fused-ring (bicyclic) bond motifs is 1. The second kappa shape index (κ2) is 8.19. The van der Waals surface area contributed by atoms with Gasteiger partial charge in [0.2, 0.25) is 23.5 Å². The van der Waals surface area contributed by atoms with Crippen molar-refractivity contribution in [3.8, 4) is 11.4 Å². The molecular formula is C20H17N5O3S. The summed E-state index contributed by atoms with van der Waals surface area (Å²) in [6.45, 7) is 1.45. The number of benzene rings is 2. The molecule has 0 fully saturated rings. The van der Waals surface area contributed by atoms with Gasteiger partial charge in [-0.2, -0.15) is 4.98 Å². The third-order valence-electron chi connectivity index (χ3n) is 4.02. The van der Waals surface area contributed by atoms with Crippen LogP contribution in [0.2, 0.25) is 0 Å². The Morgan fingerprint density at radius 1 is 1.07 bits per heavy atom. The minimum atomic E-state index is -0.189. The molecule has 2 N–H and O–H groups in total. The molecule has 0 unspecified atom stereocenters. The Kier molecular flexibility index (Phi) is 5.30. The number of hydrogen-bond donors (Lipinski definition) is 2. The van der Waals surface area contributed by atoms with Crippen LogP contribution >= 0.6 is 11.3 Å². The number of amides is 2. The van der Waals surface area contributed by atoms with Crippen LogP contribution in [-0.2, 0) is 16.0 Å². The zero-order valence-electron chi connectivity index (χ0n) is 15.5. The molecule has 0 saturated heterocycles. The highest BCUT2D eigenvalue weighted by Gasteiger charge is 2.12. The normalized spacial score (nSPS) is 10.8. The van der Waals surface area contributed by atoms with Crippen molar-refractivity contribution >= 4 is 44.2 Å². The molecule has 0 radical (unpaired) electrons. The molecule has 0 aliphatic heterocycles. The number of anilines is 2. The van der Waals surface area contributed by atoms with Crippen LogP contribution in [0.4, 0.5) is 10.8 Å². The van der Waals surface area contributed by atoms with Crippen LogP contribution in [-0.4, -0.2) is 26.9 Å². The van der Waals surface area contributed by atoms with Gasteiger partial charge in [-0.3, -0.25) is 9.59 Å². The molecule has 9 heteroatoms. The molecular weight excluding hydrogens is 390 g/mol. The van der Waals surface area contributed by atoms with Crippen LogP contribution in [0, 0.1) is 0 Å². The maximum atomic E-state index is 12.3. The van der Waals surface area contributed by atoms with Gasteiger partial charge in [-0.15, -0.1) is 0 Å². The summed E-state index contributed by atoms with van der Waals surface area (Å²) in [5.41, 5.74) is 2.31. The molecule has 0 saturated carbocycles. The first-order valence-electron chi connectivity index (χ1n) is 8.93. The van der Waals surface area contributed by atoms with E-state index >= 15 is 0 Å². The van der Waals surface area contributed by atoms with Gasteiger partial charge in [-0.25, -0.2) is 4.98 Å². The fourth-order valence-corrected chi connectivity index (χ4v) is 3.64. The Morgan fingerprint density at radius 3 is 2.69 bits per heavy atom. The van der Waals surface area contributed by atoms with Crippen LogP contribution in [0.3, 0.4) is 0 Å². The lowest BCUT2D eigenvalue weighted by molar-refractivity contribution is -0.116. The van der Waals surface area contributed by atoms with E-state index in [2.05, 4.69) is 25.8 Å². The fraction of sp³-hybridized carbons (Fsp3) is 0.150. The number of nitrogens with one attached hydrogen (secondary N) is 2. The zero-order chi connectivity index (χ0) is 20.2. The fourth-order valence-electron chi connectivity index (χ4n) is 2.72. The Balaban J connectivity index is 1.36. The Bertz CT molecular complexity index is 1170.